The van der Waals surface area contributed by atoms with Crippen molar-refractivity contribution in [1.82, 2.24) is 4.98 Å². The van der Waals surface area contributed by atoms with Gasteiger partial charge in [0.25, 0.3) is 5.91 Å². The fourth-order valence-corrected chi connectivity index (χ4v) is 3.54. The number of aromatic nitrogens is 1. The molecule has 0 aliphatic heterocycles. The molecule has 0 radical (unpaired) electrons. The van der Waals surface area contributed by atoms with Crippen LogP contribution in [0.25, 0.3) is 22.0 Å². The molecule has 1 amide bonds. The maximum Gasteiger partial charge on any atom is 0.340 e. The largest absolute Gasteiger partial charge is 0.486 e. The number of amides is 1. The Hall–Kier alpha value is -4.19. The lowest BCUT2D eigenvalue weighted by Gasteiger charge is -2.17. The molecule has 0 bridgehead atoms. The van der Waals surface area contributed by atoms with Crippen molar-refractivity contribution in [2.75, 3.05) is 7.11 Å². The zero-order chi connectivity index (χ0) is 21.8. The minimum atomic E-state index is -0.597. The minimum Gasteiger partial charge on any atom is -0.486 e. The zero-order valence-corrected chi connectivity index (χ0v) is 16.9. The predicted octanol–water partition coefficient (Wildman–Crippen LogP) is 4.37. The number of pyridine rings is 1. The number of ether oxygens (including phenoxy) is 2. The fraction of sp³-hybridized carbons (Fsp3) is 0.0800. The van der Waals surface area contributed by atoms with E-state index in [-0.39, 0.29) is 12.2 Å². The zero-order valence-electron chi connectivity index (χ0n) is 16.9. The van der Waals surface area contributed by atoms with Gasteiger partial charge in [-0.1, -0.05) is 60.7 Å². The van der Waals surface area contributed by atoms with E-state index in [0.29, 0.717) is 17.0 Å². The second-order valence-corrected chi connectivity index (χ2v) is 6.83. The minimum absolute atomic E-state index is 0.0423. The van der Waals surface area contributed by atoms with Crippen molar-refractivity contribution in [3.63, 3.8) is 0 Å². The number of esters is 1. The summed E-state index contributed by atoms with van der Waals surface area (Å²) in [6.07, 6.45) is 0. The lowest BCUT2D eigenvalue weighted by Crippen LogP contribution is -2.15. The summed E-state index contributed by atoms with van der Waals surface area (Å²) >= 11 is 0. The molecule has 0 saturated heterocycles. The van der Waals surface area contributed by atoms with Gasteiger partial charge in [-0.05, 0) is 23.8 Å². The van der Waals surface area contributed by atoms with E-state index in [1.807, 2.05) is 54.6 Å². The smallest absolute Gasteiger partial charge is 0.340 e. The number of carbonyl (C=O) groups is 2. The number of methoxy groups -OCH3 is 1. The Morgan fingerprint density at radius 1 is 0.903 bits per heavy atom. The Morgan fingerprint density at radius 2 is 1.58 bits per heavy atom. The van der Waals surface area contributed by atoms with E-state index in [4.69, 9.17) is 15.2 Å². The second-order valence-electron chi connectivity index (χ2n) is 6.83. The molecule has 0 spiro atoms. The molecule has 6 nitrogen and oxygen atoms in total. The summed E-state index contributed by atoms with van der Waals surface area (Å²) in [4.78, 5) is 29.3. The first-order valence-electron chi connectivity index (χ1n) is 9.67. The van der Waals surface area contributed by atoms with Crippen LogP contribution in [0.3, 0.4) is 0 Å². The van der Waals surface area contributed by atoms with E-state index in [2.05, 4.69) is 4.98 Å². The van der Waals surface area contributed by atoms with E-state index < -0.39 is 11.9 Å². The van der Waals surface area contributed by atoms with Gasteiger partial charge in [0.15, 0.2) is 0 Å². The highest BCUT2D eigenvalue weighted by Gasteiger charge is 2.23. The molecule has 1 aromatic heterocycles. The number of hydrogen-bond acceptors (Lipinski definition) is 5. The average Bonchev–Trinajstić information content (AvgIpc) is 2.81. The highest BCUT2D eigenvalue weighted by atomic mass is 16.5. The quantitative estimate of drug-likeness (QED) is 0.475. The third-order valence-corrected chi connectivity index (χ3v) is 4.94. The number of fused-ring (bicyclic) bond motifs is 1. The number of benzene rings is 3. The molecular weight excluding hydrogens is 392 g/mol. The van der Waals surface area contributed by atoms with Gasteiger partial charge >= 0.3 is 5.97 Å². The molecule has 31 heavy (non-hydrogen) atoms. The lowest BCUT2D eigenvalue weighted by atomic mass is 9.94. The van der Waals surface area contributed by atoms with Gasteiger partial charge in [-0.25, -0.2) is 9.78 Å². The van der Waals surface area contributed by atoms with Gasteiger partial charge in [0, 0.05) is 10.9 Å². The monoisotopic (exact) mass is 412 g/mol. The summed E-state index contributed by atoms with van der Waals surface area (Å²) < 4.78 is 11.0. The number of para-hydroxylation sites is 2. The number of primary amides is 1. The molecular formula is C25H20N2O4. The molecule has 2 N–H and O–H groups in total. The SMILES string of the molecule is COC(=O)c1c(COc2ccccc2C(N)=O)nc2ccccc2c1-c1ccccc1. The van der Waals surface area contributed by atoms with Crippen LogP contribution in [-0.2, 0) is 11.3 Å². The molecule has 0 atom stereocenters. The van der Waals surface area contributed by atoms with Gasteiger partial charge in [0.2, 0.25) is 0 Å². The Kier molecular flexibility index (Phi) is 5.62. The van der Waals surface area contributed by atoms with Crippen molar-refractivity contribution in [2.24, 2.45) is 5.73 Å². The molecule has 0 aliphatic rings. The number of rotatable bonds is 6. The summed E-state index contributed by atoms with van der Waals surface area (Å²) in [7, 11) is 1.33. The predicted molar refractivity (Wildman–Crippen MR) is 118 cm³/mol. The van der Waals surface area contributed by atoms with Crippen molar-refractivity contribution >= 4 is 22.8 Å². The Labute approximate surface area is 179 Å². The van der Waals surface area contributed by atoms with E-state index in [0.717, 1.165) is 22.0 Å². The molecule has 0 saturated carbocycles. The summed E-state index contributed by atoms with van der Waals surface area (Å²) in [5.74, 6) is -0.791. The van der Waals surface area contributed by atoms with Gasteiger partial charge in [0.05, 0.1) is 29.4 Å². The standard InChI is InChI=1S/C25H20N2O4/c1-30-25(29)23-20(15-31-21-14-8-6-12-18(21)24(26)28)27-19-13-7-5-11-17(19)22(23)16-9-3-2-4-10-16/h2-14H,15H2,1H3,(H2,26,28). The molecule has 6 heteroatoms. The van der Waals surface area contributed by atoms with Crippen LogP contribution in [0.1, 0.15) is 26.4 Å². The Morgan fingerprint density at radius 3 is 2.32 bits per heavy atom. The third kappa shape index (κ3) is 3.96. The summed E-state index contributed by atoms with van der Waals surface area (Å²) in [5, 5.41) is 0.829. The lowest BCUT2D eigenvalue weighted by molar-refractivity contribution is 0.0597. The third-order valence-electron chi connectivity index (χ3n) is 4.94. The maximum absolute atomic E-state index is 12.9. The van der Waals surface area contributed by atoms with Crippen LogP contribution >= 0.6 is 0 Å². The molecule has 3 aromatic carbocycles. The summed E-state index contributed by atoms with van der Waals surface area (Å²) in [5.41, 5.74) is 8.74. The fourth-order valence-electron chi connectivity index (χ4n) is 3.54. The van der Waals surface area contributed by atoms with Gasteiger partial charge in [-0.2, -0.15) is 0 Å². The number of carbonyl (C=O) groups excluding carboxylic acids is 2. The van der Waals surface area contributed by atoms with Crippen LogP contribution in [0.15, 0.2) is 78.9 Å². The van der Waals surface area contributed by atoms with Crippen LogP contribution in [0.4, 0.5) is 0 Å². The topological polar surface area (TPSA) is 91.5 Å². The first kappa shape index (κ1) is 20.1. The van der Waals surface area contributed by atoms with Crippen molar-refractivity contribution in [2.45, 2.75) is 6.61 Å². The summed E-state index contributed by atoms with van der Waals surface area (Å²) in [6.45, 7) is -0.0423. The maximum atomic E-state index is 12.9. The average molecular weight is 412 g/mol. The van der Waals surface area contributed by atoms with Crippen LogP contribution < -0.4 is 10.5 Å². The second kappa shape index (κ2) is 8.67. The van der Waals surface area contributed by atoms with Gasteiger partial charge in [-0.15, -0.1) is 0 Å². The van der Waals surface area contributed by atoms with Crippen LogP contribution in [0, 0.1) is 0 Å². The summed E-state index contributed by atoms with van der Waals surface area (Å²) in [6, 6.07) is 23.9. The van der Waals surface area contributed by atoms with Crippen molar-refractivity contribution in [3.8, 4) is 16.9 Å². The van der Waals surface area contributed by atoms with E-state index in [1.54, 1.807) is 24.3 Å². The van der Waals surface area contributed by atoms with Crippen LogP contribution in [0.5, 0.6) is 5.75 Å². The first-order valence-corrected chi connectivity index (χ1v) is 9.67. The highest BCUT2D eigenvalue weighted by Crippen LogP contribution is 2.34. The Bertz CT molecular complexity index is 1270. The van der Waals surface area contributed by atoms with Crippen molar-refractivity contribution < 1.29 is 19.1 Å². The molecule has 0 fully saturated rings. The van der Waals surface area contributed by atoms with Gasteiger partial charge in [0.1, 0.15) is 12.4 Å². The molecule has 1 heterocycles. The van der Waals surface area contributed by atoms with E-state index >= 15 is 0 Å². The van der Waals surface area contributed by atoms with E-state index in [9.17, 15) is 9.59 Å². The van der Waals surface area contributed by atoms with Crippen LogP contribution in [0.2, 0.25) is 0 Å². The molecule has 0 aliphatic carbocycles. The number of hydrogen-bond donors (Lipinski definition) is 1. The molecule has 4 aromatic rings. The van der Waals surface area contributed by atoms with Crippen LogP contribution in [-0.4, -0.2) is 24.0 Å². The van der Waals surface area contributed by atoms with Crippen molar-refractivity contribution in [3.05, 3.63) is 95.7 Å². The number of nitrogens with zero attached hydrogens (tertiary/aromatic N) is 1. The Balaban J connectivity index is 1.89. The highest BCUT2D eigenvalue weighted by molar-refractivity contribution is 6.07. The number of nitrogens with two attached hydrogens (primary N) is 1. The van der Waals surface area contributed by atoms with Gasteiger partial charge in [-0.3, -0.25) is 4.79 Å². The van der Waals surface area contributed by atoms with E-state index in [1.165, 1.54) is 7.11 Å². The molecule has 154 valence electrons. The molecule has 4 rings (SSSR count). The normalized spacial score (nSPS) is 10.6. The molecule has 0 unspecified atom stereocenters. The first-order chi connectivity index (χ1) is 15.1. The van der Waals surface area contributed by atoms with Gasteiger partial charge < -0.3 is 15.2 Å². The van der Waals surface area contributed by atoms with Crippen molar-refractivity contribution in [1.29, 1.82) is 0 Å².